The first-order valence-corrected chi connectivity index (χ1v) is 8.49. The van der Waals surface area contributed by atoms with Crippen LogP contribution in [0.2, 0.25) is 0 Å². The van der Waals surface area contributed by atoms with Gasteiger partial charge in [0.15, 0.2) is 0 Å². The second-order valence-corrected chi connectivity index (χ2v) is 8.43. The van der Waals surface area contributed by atoms with E-state index in [9.17, 15) is 4.79 Å². The Morgan fingerprint density at radius 1 is 1.14 bits per heavy atom. The maximum Gasteiger partial charge on any atom is 0.226 e. The van der Waals surface area contributed by atoms with Gasteiger partial charge in [-0.1, -0.05) is 25.5 Å². The van der Waals surface area contributed by atoms with Gasteiger partial charge < -0.3 is 9.64 Å². The molecular weight excluding hydrogens is 262 g/mol. The molecule has 0 radical (unpaired) electrons. The predicted molar refractivity (Wildman–Crippen MR) is 81.6 cm³/mol. The zero-order valence-corrected chi connectivity index (χ0v) is 13.6. The molecule has 6 atom stereocenters. The van der Waals surface area contributed by atoms with Crippen LogP contribution in [0.1, 0.15) is 40.5 Å². The van der Waals surface area contributed by atoms with E-state index in [-0.39, 0.29) is 11.3 Å². The van der Waals surface area contributed by atoms with Gasteiger partial charge in [-0.05, 0) is 38.0 Å². The number of nitrogens with zero attached hydrogens (tertiary/aromatic N) is 1. The van der Waals surface area contributed by atoms with Crippen molar-refractivity contribution in [1.29, 1.82) is 0 Å². The smallest absolute Gasteiger partial charge is 0.226 e. The third-order valence-corrected chi connectivity index (χ3v) is 6.45. The van der Waals surface area contributed by atoms with Crippen molar-refractivity contribution in [3.05, 3.63) is 11.6 Å². The van der Waals surface area contributed by atoms with E-state index < -0.39 is 0 Å². The van der Waals surface area contributed by atoms with E-state index in [1.54, 1.807) is 0 Å². The Morgan fingerprint density at radius 2 is 1.71 bits per heavy atom. The zero-order chi connectivity index (χ0) is 14.9. The van der Waals surface area contributed by atoms with Gasteiger partial charge in [-0.15, -0.1) is 0 Å². The van der Waals surface area contributed by atoms with E-state index in [2.05, 4.69) is 38.7 Å². The molecular formula is C18H27NO2. The molecule has 0 unspecified atom stereocenters. The molecule has 0 aromatic carbocycles. The number of hydrogen-bond donors (Lipinski definition) is 0. The van der Waals surface area contributed by atoms with Crippen LogP contribution in [0.3, 0.4) is 0 Å². The van der Waals surface area contributed by atoms with Gasteiger partial charge in [-0.2, -0.15) is 0 Å². The molecule has 1 aliphatic carbocycles. The largest absolute Gasteiger partial charge is 0.374 e. The molecule has 0 N–H and O–H groups in total. The molecule has 2 bridgehead atoms. The third kappa shape index (κ3) is 1.93. The van der Waals surface area contributed by atoms with Crippen molar-refractivity contribution >= 4 is 5.91 Å². The van der Waals surface area contributed by atoms with Crippen LogP contribution in [-0.2, 0) is 9.53 Å². The molecule has 3 aliphatic heterocycles. The molecule has 3 saturated heterocycles. The number of amides is 1. The second-order valence-electron chi connectivity index (χ2n) is 8.43. The molecule has 116 valence electrons. The average molecular weight is 289 g/mol. The number of allylic oxidation sites excluding steroid dienone is 2. The summed E-state index contributed by atoms with van der Waals surface area (Å²) < 4.78 is 6.01. The van der Waals surface area contributed by atoms with Crippen molar-refractivity contribution in [2.45, 2.75) is 52.7 Å². The maximum absolute atomic E-state index is 12.9. The summed E-state index contributed by atoms with van der Waals surface area (Å²) in [5, 5.41) is 0. The fourth-order valence-corrected chi connectivity index (χ4v) is 5.16. The summed E-state index contributed by atoms with van der Waals surface area (Å²) in [5.41, 5.74) is 1.47. The third-order valence-electron chi connectivity index (χ3n) is 6.45. The van der Waals surface area contributed by atoms with Gasteiger partial charge >= 0.3 is 0 Å². The highest BCUT2D eigenvalue weighted by Crippen LogP contribution is 2.60. The van der Waals surface area contributed by atoms with Crippen LogP contribution in [0.5, 0.6) is 0 Å². The van der Waals surface area contributed by atoms with E-state index >= 15 is 0 Å². The van der Waals surface area contributed by atoms with Gasteiger partial charge in [0.1, 0.15) is 0 Å². The monoisotopic (exact) mass is 289 g/mol. The summed E-state index contributed by atoms with van der Waals surface area (Å²) in [4.78, 5) is 15.1. The number of hydrogen-bond acceptors (Lipinski definition) is 2. The van der Waals surface area contributed by atoms with E-state index in [1.807, 2.05) is 0 Å². The number of carbonyl (C=O) groups excluding carboxylic acids is 1. The highest BCUT2D eigenvalue weighted by molar-refractivity contribution is 5.84. The lowest BCUT2D eigenvalue weighted by Gasteiger charge is -2.19. The lowest BCUT2D eigenvalue weighted by Crippen LogP contribution is -2.33. The molecule has 0 aromatic heterocycles. The van der Waals surface area contributed by atoms with Gasteiger partial charge in [0.05, 0.1) is 18.1 Å². The molecule has 1 amide bonds. The number of likely N-dealkylation sites (tertiary alicyclic amines) is 1. The van der Waals surface area contributed by atoms with E-state index in [4.69, 9.17) is 4.74 Å². The van der Waals surface area contributed by atoms with Crippen molar-refractivity contribution in [2.75, 3.05) is 13.1 Å². The zero-order valence-electron chi connectivity index (χ0n) is 13.6. The highest BCUT2D eigenvalue weighted by Gasteiger charge is 2.63. The summed E-state index contributed by atoms with van der Waals surface area (Å²) in [6.45, 7) is 10.6. The average Bonchev–Trinajstić information content (AvgIpc) is 2.93. The van der Waals surface area contributed by atoms with Gasteiger partial charge in [0.2, 0.25) is 5.91 Å². The molecule has 3 nitrogen and oxygen atoms in total. The maximum atomic E-state index is 12.9. The Balaban J connectivity index is 1.47. The van der Waals surface area contributed by atoms with E-state index in [0.717, 1.165) is 13.1 Å². The Kier molecular flexibility index (Phi) is 2.86. The lowest BCUT2D eigenvalue weighted by molar-refractivity contribution is -0.133. The van der Waals surface area contributed by atoms with Crippen LogP contribution in [0, 0.1) is 29.1 Å². The number of carbonyl (C=O) groups is 1. The first-order chi connectivity index (χ1) is 9.89. The summed E-state index contributed by atoms with van der Waals surface area (Å²) >= 11 is 0. The highest BCUT2D eigenvalue weighted by atomic mass is 16.5. The van der Waals surface area contributed by atoms with Gasteiger partial charge in [-0.3, -0.25) is 4.79 Å². The van der Waals surface area contributed by atoms with Crippen LogP contribution in [0.15, 0.2) is 11.6 Å². The number of rotatable bonds is 2. The standard InChI is InChI=1S/C18H27NO2/c1-10(2)7-13-16(18(13,3)4)17(20)19-8-11-12(9-19)15-6-5-14(11)21-15/h7,11-16H,5-6,8-9H2,1-4H3/t11-,12-,13-,14-,15-,16-/m1/s1. The molecule has 4 rings (SSSR count). The minimum Gasteiger partial charge on any atom is -0.374 e. The van der Waals surface area contributed by atoms with Crippen molar-refractivity contribution in [2.24, 2.45) is 29.1 Å². The van der Waals surface area contributed by atoms with Crippen LogP contribution >= 0.6 is 0 Å². The van der Waals surface area contributed by atoms with Crippen molar-refractivity contribution in [3.8, 4) is 0 Å². The molecule has 3 heteroatoms. The second kappa shape index (κ2) is 4.34. The summed E-state index contributed by atoms with van der Waals surface area (Å²) in [6, 6.07) is 0. The number of ether oxygens (including phenoxy) is 1. The Bertz CT molecular complexity index is 487. The molecule has 0 aromatic rings. The Hall–Kier alpha value is -0.830. The summed E-state index contributed by atoms with van der Waals surface area (Å²) in [7, 11) is 0. The molecule has 0 spiro atoms. The topological polar surface area (TPSA) is 29.5 Å². The summed E-state index contributed by atoms with van der Waals surface area (Å²) in [5.74, 6) is 2.28. The molecule has 1 saturated carbocycles. The SMILES string of the molecule is CC(C)=C[C@@H]1[C@H](C(=O)N2C[C@@H]3[C@@H](C2)[C@H]2CC[C@H]3O2)C1(C)C. The van der Waals surface area contributed by atoms with Crippen molar-refractivity contribution in [3.63, 3.8) is 0 Å². The number of fused-ring (bicyclic) bond motifs is 5. The van der Waals surface area contributed by atoms with Gasteiger partial charge in [0, 0.05) is 24.9 Å². The van der Waals surface area contributed by atoms with Crippen LogP contribution in [-0.4, -0.2) is 36.1 Å². The fraction of sp³-hybridized carbons (Fsp3) is 0.833. The Morgan fingerprint density at radius 3 is 2.24 bits per heavy atom. The minimum absolute atomic E-state index is 0.140. The summed E-state index contributed by atoms with van der Waals surface area (Å²) in [6.07, 6.45) is 5.61. The fourth-order valence-electron chi connectivity index (χ4n) is 5.16. The molecule has 3 heterocycles. The quantitative estimate of drug-likeness (QED) is 0.732. The van der Waals surface area contributed by atoms with Crippen molar-refractivity contribution < 1.29 is 9.53 Å². The molecule has 4 fully saturated rings. The van der Waals surface area contributed by atoms with E-state index in [1.165, 1.54) is 18.4 Å². The van der Waals surface area contributed by atoms with Gasteiger partial charge in [0.25, 0.3) is 0 Å². The van der Waals surface area contributed by atoms with Crippen LogP contribution in [0.4, 0.5) is 0 Å². The van der Waals surface area contributed by atoms with Crippen LogP contribution < -0.4 is 0 Å². The van der Waals surface area contributed by atoms with Crippen LogP contribution in [0.25, 0.3) is 0 Å². The molecule has 4 aliphatic rings. The van der Waals surface area contributed by atoms with Crippen molar-refractivity contribution in [1.82, 2.24) is 4.90 Å². The first kappa shape index (κ1) is 13.8. The van der Waals surface area contributed by atoms with E-state index in [0.29, 0.717) is 35.9 Å². The predicted octanol–water partition coefficient (Wildman–Crippen LogP) is 2.86. The minimum atomic E-state index is 0.140. The first-order valence-electron chi connectivity index (χ1n) is 8.49. The normalized spacial score (nSPS) is 45.6. The van der Waals surface area contributed by atoms with Gasteiger partial charge in [-0.25, -0.2) is 0 Å². The Labute approximate surface area is 127 Å². The molecule has 21 heavy (non-hydrogen) atoms. The lowest BCUT2D eigenvalue weighted by atomic mass is 9.82.